The van der Waals surface area contributed by atoms with E-state index in [0.717, 1.165) is 66.4 Å². The largest absolute Gasteiger partial charge is 0.460 e. The van der Waals surface area contributed by atoms with E-state index in [1.807, 2.05) is 30.6 Å². The lowest BCUT2D eigenvalue weighted by Gasteiger charge is -2.47. The number of aromatic nitrogens is 5. The Morgan fingerprint density at radius 1 is 1.03 bits per heavy atom. The molecule has 4 aromatic heterocycles. The van der Waals surface area contributed by atoms with Crippen LogP contribution in [0.4, 0.5) is 0 Å². The molecule has 8 nitrogen and oxygen atoms in total. The molecule has 0 radical (unpaired) electrons. The molecule has 34 heavy (non-hydrogen) atoms. The highest BCUT2D eigenvalue weighted by atomic mass is 16.3. The van der Waals surface area contributed by atoms with Crippen LogP contribution >= 0.6 is 0 Å². The molecule has 6 heterocycles. The first kappa shape index (κ1) is 19.9. The Morgan fingerprint density at radius 2 is 1.91 bits per heavy atom. The molecule has 2 fully saturated rings. The van der Waals surface area contributed by atoms with Gasteiger partial charge in [-0.2, -0.15) is 5.10 Å². The van der Waals surface area contributed by atoms with Crippen molar-refractivity contribution in [2.45, 2.75) is 31.5 Å². The molecule has 1 aromatic carbocycles. The van der Waals surface area contributed by atoms with Crippen molar-refractivity contribution in [1.29, 1.82) is 0 Å². The van der Waals surface area contributed by atoms with Crippen LogP contribution in [-0.2, 0) is 6.54 Å². The Labute approximate surface area is 197 Å². The Hall–Kier alpha value is -3.49. The van der Waals surface area contributed by atoms with Crippen molar-refractivity contribution in [2.75, 3.05) is 26.2 Å². The van der Waals surface area contributed by atoms with Crippen molar-refractivity contribution >= 4 is 22.0 Å². The van der Waals surface area contributed by atoms with Gasteiger partial charge in [0.1, 0.15) is 23.3 Å². The van der Waals surface area contributed by atoms with Crippen molar-refractivity contribution < 1.29 is 4.42 Å². The van der Waals surface area contributed by atoms with E-state index in [2.05, 4.69) is 58.9 Å². The molecule has 0 spiro atoms. The number of benzene rings is 1. The van der Waals surface area contributed by atoms with Crippen LogP contribution < -0.4 is 0 Å². The van der Waals surface area contributed by atoms with Gasteiger partial charge in [-0.15, -0.1) is 0 Å². The number of aromatic amines is 1. The number of furan rings is 1. The Bertz CT molecular complexity index is 1400. The van der Waals surface area contributed by atoms with E-state index in [9.17, 15) is 0 Å². The third-order valence-corrected chi connectivity index (χ3v) is 7.42. The summed E-state index contributed by atoms with van der Waals surface area (Å²) in [6.45, 7) is 5.28. The van der Waals surface area contributed by atoms with Gasteiger partial charge >= 0.3 is 0 Å². The summed E-state index contributed by atoms with van der Waals surface area (Å²) in [5, 5.41) is 6.89. The van der Waals surface area contributed by atoms with Crippen LogP contribution in [0.2, 0.25) is 0 Å². The highest BCUT2D eigenvalue weighted by Gasteiger charge is 2.35. The highest BCUT2D eigenvalue weighted by Crippen LogP contribution is 2.31. The summed E-state index contributed by atoms with van der Waals surface area (Å²) >= 11 is 0. The van der Waals surface area contributed by atoms with Gasteiger partial charge in [0.15, 0.2) is 0 Å². The van der Waals surface area contributed by atoms with E-state index in [1.165, 1.54) is 18.2 Å². The number of nitrogens with zero attached hydrogens (tertiary/aromatic N) is 6. The van der Waals surface area contributed by atoms with Gasteiger partial charge in [-0.1, -0.05) is 18.2 Å². The first-order valence-electron chi connectivity index (χ1n) is 12.1. The maximum Gasteiger partial charge on any atom is 0.141 e. The van der Waals surface area contributed by atoms with E-state index in [4.69, 9.17) is 4.42 Å². The van der Waals surface area contributed by atoms with Gasteiger partial charge in [-0.05, 0) is 31.0 Å². The number of para-hydroxylation sites is 1. The topological polar surface area (TPSA) is 79.0 Å². The molecule has 172 valence electrons. The lowest BCUT2D eigenvalue weighted by atomic mass is 9.97. The second-order valence-electron chi connectivity index (χ2n) is 9.54. The molecule has 0 aliphatic carbocycles. The van der Waals surface area contributed by atoms with Gasteiger partial charge < -0.3 is 9.40 Å². The van der Waals surface area contributed by atoms with Gasteiger partial charge in [0.2, 0.25) is 0 Å². The van der Waals surface area contributed by atoms with Gasteiger partial charge in [0.05, 0.1) is 24.5 Å². The number of piperidine rings is 1. The molecule has 0 bridgehead atoms. The molecule has 2 aliphatic rings. The molecule has 0 amide bonds. The zero-order valence-corrected chi connectivity index (χ0v) is 19.0. The van der Waals surface area contributed by atoms with E-state index < -0.39 is 0 Å². The van der Waals surface area contributed by atoms with Gasteiger partial charge in [-0.3, -0.25) is 14.5 Å². The number of likely N-dealkylation sites (tertiary alicyclic amines) is 2. The fraction of sp³-hybridized carbons (Fsp3) is 0.346. The normalized spacial score (nSPS) is 18.7. The quantitative estimate of drug-likeness (QED) is 0.432. The number of hydrogen-bond acceptors (Lipinski definition) is 6. The molecule has 0 unspecified atom stereocenters. The van der Waals surface area contributed by atoms with Crippen LogP contribution in [-0.4, -0.2) is 66.8 Å². The Kier molecular flexibility index (Phi) is 4.73. The third-order valence-electron chi connectivity index (χ3n) is 7.42. The summed E-state index contributed by atoms with van der Waals surface area (Å²) in [4.78, 5) is 17.1. The van der Waals surface area contributed by atoms with Crippen LogP contribution in [0.25, 0.3) is 33.3 Å². The van der Waals surface area contributed by atoms with Crippen LogP contribution in [0.3, 0.4) is 0 Å². The van der Waals surface area contributed by atoms with Crippen molar-refractivity contribution in [3.05, 3.63) is 67.1 Å². The van der Waals surface area contributed by atoms with Crippen molar-refractivity contribution in [3.8, 4) is 11.3 Å². The van der Waals surface area contributed by atoms with E-state index >= 15 is 0 Å². The second-order valence-corrected chi connectivity index (χ2v) is 9.54. The van der Waals surface area contributed by atoms with Gasteiger partial charge in [0.25, 0.3) is 0 Å². The fourth-order valence-electron chi connectivity index (χ4n) is 5.49. The number of H-pyrrole nitrogens is 1. The molecular formula is C26H27N7O. The summed E-state index contributed by atoms with van der Waals surface area (Å²) in [5.41, 5.74) is 3.83. The zero-order valence-electron chi connectivity index (χ0n) is 19.0. The minimum Gasteiger partial charge on any atom is -0.460 e. The molecule has 7 rings (SSSR count). The number of nitrogens with one attached hydrogen (secondary N) is 1. The monoisotopic (exact) mass is 453 g/mol. The van der Waals surface area contributed by atoms with Crippen LogP contribution in [0, 0.1) is 0 Å². The Balaban J connectivity index is 0.942. The molecule has 0 atom stereocenters. The maximum atomic E-state index is 6.02. The van der Waals surface area contributed by atoms with Gasteiger partial charge in [-0.25, -0.2) is 9.97 Å². The summed E-state index contributed by atoms with van der Waals surface area (Å²) < 4.78 is 8.14. The van der Waals surface area contributed by atoms with Crippen molar-refractivity contribution in [1.82, 2.24) is 34.5 Å². The average molecular weight is 454 g/mol. The summed E-state index contributed by atoms with van der Waals surface area (Å²) in [5.74, 6) is 1.07. The van der Waals surface area contributed by atoms with E-state index in [0.29, 0.717) is 12.1 Å². The van der Waals surface area contributed by atoms with Crippen LogP contribution in [0.1, 0.15) is 24.6 Å². The summed E-state index contributed by atoms with van der Waals surface area (Å²) in [6, 6.07) is 13.6. The van der Waals surface area contributed by atoms with Crippen molar-refractivity contribution in [2.24, 2.45) is 0 Å². The minimum absolute atomic E-state index is 0.436. The molecule has 8 heteroatoms. The second kappa shape index (κ2) is 8.07. The summed E-state index contributed by atoms with van der Waals surface area (Å²) in [7, 11) is 0. The molecule has 5 aromatic rings. The summed E-state index contributed by atoms with van der Waals surface area (Å²) in [6.07, 6.45) is 9.99. The zero-order chi connectivity index (χ0) is 22.5. The number of rotatable bonds is 5. The lowest BCUT2D eigenvalue weighted by molar-refractivity contribution is 0.0182. The molecule has 1 N–H and O–H groups in total. The standard InChI is InChI=1S/C26H27N7O/c1-2-4-24-18(3-1)11-22(34-24)16-31-9-6-20(7-10-31)32-14-21(15-32)33-13-19(12-30-33)25-23-5-8-27-26(23)29-17-28-25/h1-5,8,11-13,17,20-21H,6-7,9-10,14-16H2,(H,27,28,29). The first-order chi connectivity index (χ1) is 16.8. The third kappa shape index (κ3) is 3.50. The highest BCUT2D eigenvalue weighted by molar-refractivity contribution is 5.90. The van der Waals surface area contributed by atoms with Crippen LogP contribution in [0.15, 0.2) is 65.7 Å². The predicted molar refractivity (Wildman–Crippen MR) is 130 cm³/mol. The molecule has 2 aliphatic heterocycles. The van der Waals surface area contributed by atoms with E-state index in [1.54, 1.807) is 6.33 Å². The molecular weight excluding hydrogens is 426 g/mol. The predicted octanol–water partition coefficient (Wildman–Crippen LogP) is 4.09. The number of fused-ring (bicyclic) bond motifs is 2. The Morgan fingerprint density at radius 3 is 2.79 bits per heavy atom. The van der Waals surface area contributed by atoms with E-state index in [-0.39, 0.29) is 0 Å². The maximum absolute atomic E-state index is 6.02. The fourth-order valence-corrected chi connectivity index (χ4v) is 5.49. The average Bonchev–Trinajstić information content (AvgIpc) is 3.58. The van der Waals surface area contributed by atoms with Crippen molar-refractivity contribution in [3.63, 3.8) is 0 Å². The van der Waals surface area contributed by atoms with Gasteiger partial charge in [0, 0.05) is 61.0 Å². The van der Waals surface area contributed by atoms with Crippen LogP contribution in [0.5, 0.6) is 0 Å². The smallest absolute Gasteiger partial charge is 0.141 e. The first-order valence-corrected chi connectivity index (χ1v) is 12.1. The minimum atomic E-state index is 0.436. The lowest BCUT2D eigenvalue weighted by Crippen LogP contribution is -2.55. The SMILES string of the molecule is c1ccc2oc(CN3CCC(N4CC(n5cc(-c6ncnc7[nH]ccc67)cn5)C4)CC3)cc2c1. The number of hydrogen-bond donors (Lipinski definition) is 1. The molecule has 2 saturated heterocycles. The molecule has 0 saturated carbocycles.